The van der Waals surface area contributed by atoms with Crippen LogP contribution in [-0.4, -0.2) is 66.5 Å². The number of ether oxygens (including phenoxy) is 2. The lowest BCUT2D eigenvalue weighted by atomic mass is 9.94. The molecule has 1 aliphatic heterocycles. The summed E-state index contributed by atoms with van der Waals surface area (Å²) in [6, 6.07) is 12.0. The van der Waals surface area contributed by atoms with Gasteiger partial charge in [0.15, 0.2) is 11.5 Å². The molecule has 0 aliphatic carbocycles. The summed E-state index contributed by atoms with van der Waals surface area (Å²) in [4.78, 5) is 30.3. The molecule has 0 aromatic heterocycles. The molecular weight excluding hydrogens is 468 g/mol. The Kier molecular flexibility index (Phi) is 9.75. The van der Waals surface area contributed by atoms with Gasteiger partial charge in [0, 0.05) is 18.7 Å². The molecule has 0 spiro atoms. The zero-order valence-corrected chi connectivity index (χ0v) is 22.9. The molecule has 1 N–H and O–H groups in total. The summed E-state index contributed by atoms with van der Waals surface area (Å²) in [6.45, 7) is 13.6. The number of aryl methyl sites for hydroxylation is 1. The number of rotatable bonds is 12. The number of carbonyl (C=O) groups is 2. The fourth-order valence-corrected chi connectivity index (χ4v) is 4.49. The topological polar surface area (TPSA) is 79.3 Å². The Morgan fingerprint density at radius 3 is 2.32 bits per heavy atom. The van der Waals surface area contributed by atoms with Gasteiger partial charge in [0.05, 0.1) is 25.3 Å². The van der Waals surface area contributed by atoms with E-state index in [2.05, 4.69) is 32.6 Å². The van der Waals surface area contributed by atoms with E-state index in [4.69, 9.17) is 9.47 Å². The van der Waals surface area contributed by atoms with Crippen molar-refractivity contribution in [1.29, 1.82) is 0 Å². The van der Waals surface area contributed by atoms with Gasteiger partial charge in [-0.3, -0.25) is 9.59 Å². The quantitative estimate of drug-likeness (QED) is 0.241. The second-order valence-electron chi connectivity index (χ2n) is 9.83. The first-order valence-electron chi connectivity index (χ1n) is 13.1. The normalized spacial score (nSPS) is 17.2. The number of hydrogen-bond donors (Lipinski definition) is 1. The summed E-state index contributed by atoms with van der Waals surface area (Å²) in [7, 11) is 1.57. The fraction of sp³-hybridized carbons (Fsp3) is 0.467. The number of aliphatic hydroxyl groups excluding tert-OH is 1. The molecule has 7 nitrogen and oxygen atoms in total. The van der Waals surface area contributed by atoms with E-state index in [1.165, 1.54) is 0 Å². The standard InChI is InChI=1S/C30H40N2O5/c1-7-31(8-2)16-17-32-27(23-13-14-24(25(19-23)36-6)37-18-15-20(3)4)26(29(34)30(32)35)28(33)22-11-9-21(5)10-12-22/h9-14,19-20,27,33H,7-8,15-18H2,1-6H3. The second-order valence-corrected chi connectivity index (χ2v) is 9.83. The monoisotopic (exact) mass is 508 g/mol. The number of Topliss-reactive ketones (excluding diaryl/α,β-unsaturated/α-hetero) is 1. The van der Waals surface area contributed by atoms with Crippen LogP contribution in [0, 0.1) is 12.8 Å². The maximum atomic E-state index is 13.3. The molecule has 7 heteroatoms. The van der Waals surface area contributed by atoms with E-state index in [0.717, 1.165) is 25.1 Å². The SMILES string of the molecule is CCN(CC)CCN1C(=O)C(=O)C(=C(O)c2ccc(C)cc2)C1c1ccc(OCCC(C)C)c(OC)c1. The average Bonchev–Trinajstić information content (AvgIpc) is 3.14. The molecule has 37 heavy (non-hydrogen) atoms. The van der Waals surface area contributed by atoms with Crippen LogP contribution in [0.5, 0.6) is 11.5 Å². The number of likely N-dealkylation sites (tertiary alicyclic amines) is 1. The Labute approximate surface area is 220 Å². The summed E-state index contributed by atoms with van der Waals surface area (Å²) in [5.74, 6) is 0.167. The minimum atomic E-state index is -0.740. The van der Waals surface area contributed by atoms with Crippen LogP contribution >= 0.6 is 0 Å². The van der Waals surface area contributed by atoms with E-state index in [0.29, 0.717) is 48.2 Å². The van der Waals surface area contributed by atoms with Gasteiger partial charge in [0.25, 0.3) is 11.7 Å². The number of hydrogen-bond acceptors (Lipinski definition) is 6. The molecule has 3 rings (SSSR count). The third-order valence-electron chi connectivity index (χ3n) is 6.87. The Morgan fingerprint density at radius 1 is 1.05 bits per heavy atom. The first-order valence-corrected chi connectivity index (χ1v) is 13.1. The van der Waals surface area contributed by atoms with Crippen molar-refractivity contribution < 1.29 is 24.2 Å². The molecular formula is C30H40N2O5. The predicted octanol–water partition coefficient (Wildman–Crippen LogP) is 5.19. The largest absolute Gasteiger partial charge is 0.507 e. The van der Waals surface area contributed by atoms with Crippen LogP contribution in [0.4, 0.5) is 0 Å². The minimum Gasteiger partial charge on any atom is -0.507 e. The summed E-state index contributed by atoms with van der Waals surface area (Å²) in [6.07, 6.45) is 0.910. The molecule has 0 bridgehead atoms. The van der Waals surface area contributed by atoms with Crippen LogP contribution in [0.1, 0.15) is 56.8 Å². The highest BCUT2D eigenvalue weighted by atomic mass is 16.5. The average molecular weight is 509 g/mol. The van der Waals surface area contributed by atoms with Crippen molar-refractivity contribution in [3.05, 3.63) is 64.7 Å². The van der Waals surface area contributed by atoms with Gasteiger partial charge in [-0.15, -0.1) is 0 Å². The summed E-state index contributed by atoms with van der Waals surface area (Å²) in [5.41, 5.74) is 2.30. The molecule has 1 saturated heterocycles. The molecule has 1 heterocycles. The lowest BCUT2D eigenvalue weighted by Crippen LogP contribution is -2.38. The van der Waals surface area contributed by atoms with Crippen molar-refractivity contribution >= 4 is 17.4 Å². The summed E-state index contributed by atoms with van der Waals surface area (Å²) < 4.78 is 11.6. The van der Waals surface area contributed by atoms with Crippen LogP contribution in [0.2, 0.25) is 0 Å². The zero-order chi connectivity index (χ0) is 27.1. The van der Waals surface area contributed by atoms with E-state index in [9.17, 15) is 14.7 Å². The van der Waals surface area contributed by atoms with Crippen LogP contribution in [0.25, 0.3) is 5.76 Å². The Balaban J connectivity index is 2.07. The van der Waals surface area contributed by atoms with Crippen molar-refractivity contribution in [2.75, 3.05) is 39.9 Å². The number of ketones is 1. The van der Waals surface area contributed by atoms with Gasteiger partial charge in [-0.2, -0.15) is 0 Å². The molecule has 0 radical (unpaired) electrons. The molecule has 2 aromatic carbocycles. The Hall–Kier alpha value is -3.32. The highest BCUT2D eigenvalue weighted by molar-refractivity contribution is 6.46. The maximum Gasteiger partial charge on any atom is 0.295 e. The van der Waals surface area contributed by atoms with Crippen molar-refractivity contribution in [3.8, 4) is 11.5 Å². The number of aliphatic hydroxyl groups is 1. The van der Waals surface area contributed by atoms with Crippen LogP contribution in [-0.2, 0) is 9.59 Å². The van der Waals surface area contributed by atoms with Gasteiger partial charge in [-0.25, -0.2) is 0 Å². The van der Waals surface area contributed by atoms with Crippen LogP contribution < -0.4 is 9.47 Å². The molecule has 200 valence electrons. The van der Waals surface area contributed by atoms with E-state index < -0.39 is 17.7 Å². The van der Waals surface area contributed by atoms with Gasteiger partial charge in [0.2, 0.25) is 0 Å². The maximum absolute atomic E-state index is 13.3. The molecule has 1 amide bonds. The van der Waals surface area contributed by atoms with E-state index in [1.807, 2.05) is 31.2 Å². The van der Waals surface area contributed by atoms with Crippen LogP contribution in [0.15, 0.2) is 48.0 Å². The van der Waals surface area contributed by atoms with E-state index in [1.54, 1.807) is 30.2 Å². The van der Waals surface area contributed by atoms with Gasteiger partial charge in [-0.1, -0.05) is 63.6 Å². The number of benzene rings is 2. The smallest absolute Gasteiger partial charge is 0.295 e. The van der Waals surface area contributed by atoms with Crippen molar-refractivity contribution in [2.24, 2.45) is 5.92 Å². The molecule has 2 aromatic rings. The third-order valence-corrected chi connectivity index (χ3v) is 6.87. The highest BCUT2D eigenvalue weighted by Crippen LogP contribution is 2.42. The lowest BCUT2D eigenvalue weighted by Gasteiger charge is -2.28. The highest BCUT2D eigenvalue weighted by Gasteiger charge is 2.46. The predicted molar refractivity (Wildman–Crippen MR) is 146 cm³/mol. The number of amides is 1. The molecule has 1 unspecified atom stereocenters. The van der Waals surface area contributed by atoms with Crippen molar-refractivity contribution in [2.45, 2.75) is 47.1 Å². The number of carbonyl (C=O) groups excluding carboxylic acids is 2. The first-order chi connectivity index (χ1) is 17.7. The van der Waals surface area contributed by atoms with E-state index >= 15 is 0 Å². The van der Waals surface area contributed by atoms with Crippen LogP contribution in [0.3, 0.4) is 0 Å². The minimum absolute atomic E-state index is 0.0870. The number of nitrogens with zero attached hydrogens (tertiary/aromatic N) is 2. The first kappa shape index (κ1) is 28.3. The number of likely N-dealkylation sites (N-methyl/N-ethyl adjacent to an activating group) is 1. The Morgan fingerprint density at radius 2 is 1.73 bits per heavy atom. The second kappa shape index (κ2) is 12.8. The lowest BCUT2D eigenvalue weighted by molar-refractivity contribution is -0.140. The third kappa shape index (κ3) is 6.52. The zero-order valence-electron chi connectivity index (χ0n) is 22.9. The van der Waals surface area contributed by atoms with Crippen molar-refractivity contribution in [3.63, 3.8) is 0 Å². The summed E-state index contributed by atoms with van der Waals surface area (Å²) >= 11 is 0. The van der Waals surface area contributed by atoms with Gasteiger partial charge >= 0.3 is 0 Å². The summed E-state index contributed by atoms with van der Waals surface area (Å²) in [5, 5.41) is 11.3. The van der Waals surface area contributed by atoms with Crippen molar-refractivity contribution in [1.82, 2.24) is 9.80 Å². The Bertz CT molecular complexity index is 1120. The fourth-order valence-electron chi connectivity index (χ4n) is 4.49. The van der Waals surface area contributed by atoms with E-state index in [-0.39, 0.29) is 11.3 Å². The molecule has 0 saturated carbocycles. The molecule has 1 fully saturated rings. The van der Waals surface area contributed by atoms with Gasteiger partial charge in [-0.05, 0) is 50.0 Å². The molecule has 1 aliphatic rings. The number of methoxy groups -OCH3 is 1. The molecule has 1 atom stereocenters. The van der Waals surface area contributed by atoms with Gasteiger partial charge < -0.3 is 24.4 Å². The van der Waals surface area contributed by atoms with Gasteiger partial charge in [0.1, 0.15) is 5.76 Å².